The minimum Gasteiger partial charge on any atom is -0.508 e. The van der Waals surface area contributed by atoms with Gasteiger partial charge in [0, 0.05) is 36.7 Å². The molecule has 2 N–H and O–H groups in total. The van der Waals surface area contributed by atoms with Crippen molar-refractivity contribution in [2.45, 2.75) is 25.3 Å². The number of aromatic hydroxyl groups is 1. The first-order valence-electron chi connectivity index (χ1n) is 8.43. The van der Waals surface area contributed by atoms with Crippen LogP contribution in [0.4, 0.5) is 0 Å². The van der Waals surface area contributed by atoms with E-state index < -0.39 is 11.4 Å². The molecule has 0 fully saturated rings. The summed E-state index contributed by atoms with van der Waals surface area (Å²) < 4.78 is 4.95. The van der Waals surface area contributed by atoms with Gasteiger partial charge < -0.3 is 15.2 Å². The van der Waals surface area contributed by atoms with Gasteiger partial charge in [-0.05, 0) is 42.8 Å². The maximum absolute atomic E-state index is 12.4. The molecule has 0 spiro atoms. The zero-order valence-corrected chi connectivity index (χ0v) is 16.3. The fraction of sp³-hybridized carbons (Fsp3) is 0.300. The van der Waals surface area contributed by atoms with Gasteiger partial charge in [0.25, 0.3) is 5.91 Å². The van der Waals surface area contributed by atoms with Gasteiger partial charge in [-0.3, -0.25) is 14.6 Å². The van der Waals surface area contributed by atoms with Gasteiger partial charge in [-0.2, -0.15) is 5.26 Å². The zero-order chi connectivity index (χ0) is 20.7. The average molecular weight is 402 g/mol. The summed E-state index contributed by atoms with van der Waals surface area (Å²) in [6.07, 6.45) is 1.49. The number of benzene rings is 1. The number of phenols is 1. The van der Waals surface area contributed by atoms with E-state index >= 15 is 0 Å². The number of carbonyl (C=O) groups excluding carboxylic acids is 2. The van der Waals surface area contributed by atoms with Gasteiger partial charge >= 0.3 is 0 Å². The lowest BCUT2D eigenvalue weighted by Gasteiger charge is -2.21. The molecular weight excluding hydrogens is 382 g/mol. The van der Waals surface area contributed by atoms with E-state index in [-0.39, 0.29) is 36.7 Å². The van der Waals surface area contributed by atoms with Crippen LogP contribution < -0.4 is 5.32 Å². The molecule has 7 nitrogen and oxygen atoms in total. The van der Waals surface area contributed by atoms with Gasteiger partial charge in [-0.25, -0.2) is 0 Å². The van der Waals surface area contributed by atoms with Crippen molar-refractivity contribution >= 4 is 23.3 Å². The number of carbonyl (C=O) groups is 2. The molecule has 0 aliphatic heterocycles. The molecule has 1 aromatic heterocycles. The van der Waals surface area contributed by atoms with Gasteiger partial charge in [0.1, 0.15) is 22.8 Å². The first-order chi connectivity index (χ1) is 13.3. The van der Waals surface area contributed by atoms with E-state index in [9.17, 15) is 20.0 Å². The Morgan fingerprint density at radius 1 is 1.32 bits per heavy atom. The number of hydrogen-bond acceptors (Lipinski definition) is 6. The van der Waals surface area contributed by atoms with Crippen LogP contribution in [0.1, 0.15) is 28.5 Å². The molecule has 1 heterocycles. The number of methoxy groups -OCH3 is 1. The number of nitrogens with one attached hydrogen (secondary N) is 1. The second-order valence-corrected chi connectivity index (χ2v) is 6.98. The quantitative estimate of drug-likeness (QED) is 0.702. The van der Waals surface area contributed by atoms with Crippen molar-refractivity contribution in [2.75, 3.05) is 13.7 Å². The highest BCUT2D eigenvalue weighted by Gasteiger charge is 2.27. The van der Waals surface area contributed by atoms with E-state index in [1.807, 2.05) is 6.07 Å². The van der Waals surface area contributed by atoms with Crippen LogP contribution in [0.5, 0.6) is 5.75 Å². The molecule has 1 unspecified atom stereocenters. The molecule has 1 amide bonds. The molecule has 0 bridgehead atoms. The fourth-order valence-corrected chi connectivity index (χ4v) is 2.80. The second-order valence-electron chi connectivity index (χ2n) is 6.55. The van der Waals surface area contributed by atoms with E-state index in [4.69, 9.17) is 16.3 Å². The van der Waals surface area contributed by atoms with Crippen LogP contribution >= 0.6 is 11.6 Å². The van der Waals surface area contributed by atoms with Crippen LogP contribution in [0, 0.1) is 11.3 Å². The maximum atomic E-state index is 12.4. The Balaban J connectivity index is 2.08. The molecule has 1 aromatic carbocycles. The Hall–Kier alpha value is -2.95. The molecule has 2 aromatic rings. The number of nitrogens with zero attached hydrogens (tertiary/aromatic N) is 2. The summed E-state index contributed by atoms with van der Waals surface area (Å²) >= 11 is 5.90. The summed E-state index contributed by atoms with van der Waals surface area (Å²) in [5.74, 6) is -0.694. The second kappa shape index (κ2) is 9.31. The number of hydrogen-bond donors (Lipinski definition) is 2. The van der Waals surface area contributed by atoms with Crippen LogP contribution in [0.15, 0.2) is 36.5 Å². The van der Waals surface area contributed by atoms with Crippen molar-refractivity contribution in [1.29, 1.82) is 5.26 Å². The smallest absolute Gasteiger partial charge is 0.271 e. The van der Waals surface area contributed by atoms with Crippen LogP contribution in [0.2, 0.25) is 5.02 Å². The first kappa shape index (κ1) is 21.4. The first-order valence-corrected chi connectivity index (χ1v) is 8.81. The Morgan fingerprint density at radius 2 is 2.07 bits per heavy atom. The summed E-state index contributed by atoms with van der Waals surface area (Å²) in [5, 5.41) is 22.1. The number of amides is 1. The van der Waals surface area contributed by atoms with Crippen molar-refractivity contribution < 1.29 is 19.4 Å². The topological polar surface area (TPSA) is 112 Å². The molecule has 146 valence electrons. The monoisotopic (exact) mass is 401 g/mol. The number of ether oxygens (including phenoxy) is 1. The maximum Gasteiger partial charge on any atom is 0.271 e. The highest BCUT2D eigenvalue weighted by atomic mass is 35.5. The zero-order valence-electron chi connectivity index (χ0n) is 15.5. The van der Waals surface area contributed by atoms with E-state index in [1.165, 1.54) is 31.5 Å². The predicted octanol–water partition coefficient (Wildman–Crippen LogP) is 2.45. The molecule has 0 aliphatic carbocycles. The van der Waals surface area contributed by atoms with Gasteiger partial charge in [0.15, 0.2) is 0 Å². The number of phenolic OH excluding ortho intramolecular Hbond substituents is 1. The van der Waals surface area contributed by atoms with Gasteiger partial charge in [0.05, 0.1) is 12.7 Å². The van der Waals surface area contributed by atoms with Crippen LogP contribution in [0.25, 0.3) is 0 Å². The van der Waals surface area contributed by atoms with E-state index in [0.29, 0.717) is 16.1 Å². The lowest BCUT2D eigenvalue weighted by atomic mass is 10.0. The van der Waals surface area contributed by atoms with Gasteiger partial charge in [0.2, 0.25) is 0 Å². The molecule has 0 aliphatic rings. The summed E-state index contributed by atoms with van der Waals surface area (Å²) in [6.45, 7) is 1.57. The normalized spacial score (nSPS) is 12.6. The number of ketones is 1. The third kappa shape index (κ3) is 5.78. The number of rotatable bonds is 8. The Labute approximate surface area is 167 Å². The fourth-order valence-electron chi connectivity index (χ4n) is 2.61. The third-order valence-corrected chi connectivity index (χ3v) is 4.19. The van der Waals surface area contributed by atoms with Gasteiger partial charge in [-0.1, -0.05) is 11.6 Å². The summed E-state index contributed by atoms with van der Waals surface area (Å²) in [5.41, 5.74) is -0.0666. The molecule has 0 saturated heterocycles. The van der Waals surface area contributed by atoms with Crippen LogP contribution in [-0.4, -0.2) is 41.0 Å². The van der Waals surface area contributed by atoms with E-state index in [0.717, 1.165) is 0 Å². The van der Waals surface area contributed by atoms with Gasteiger partial charge in [-0.15, -0.1) is 0 Å². The van der Waals surface area contributed by atoms with E-state index in [1.54, 1.807) is 19.1 Å². The molecule has 28 heavy (non-hydrogen) atoms. The number of pyridine rings is 1. The highest BCUT2D eigenvalue weighted by Crippen LogP contribution is 2.22. The molecule has 2 rings (SSSR count). The largest absolute Gasteiger partial charge is 0.508 e. The summed E-state index contributed by atoms with van der Waals surface area (Å²) in [7, 11) is 1.43. The number of Topliss-reactive ketones (excluding diaryl/α,β-unsaturated/α-hetero) is 1. The van der Waals surface area contributed by atoms with Crippen molar-refractivity contribution in [3.8, 4) is 11.8 Å². The molecule has 8 heteroatoms. The Morgan fingerprint density at radius 3 is 2.75 bits per heavy atom. The lowest BCUT2D eigenvalue weighted by Crippen LogP contribution is -2.48. The molecule has 0 radical (unpaired) electrons. The van der Waals surface area contributed by atoms with Crippen molar-refractivity contribution in [2.24, 2.45) is 0 Å². The third-order valence-electron chi connectivity index (χ3n) is 3.96. The number of nitriles is 1. The minimum absolute atomic E-state index is 0.00137. The van der Waals surface area contributed by atoms with Crippen LogP contribution in [-0.2, 0) is 22.4 Å². The summed E-state index contributed by atoms with van der Waals surface area (Å²) in [6, 6.07) is 9.63. The van der Waals surface area contributed by atoms with Crippen molar-refractivity contribution in [3.63, 3.8) is 0 Å². The van der Waals surface area contributed by atoms with E-state index in [2.05, 4.69) is 10.3 Å². The molecular formula is C20H20ClN3O4. The molecule has 1 atom stereocenters. The lowest BCUT2D eigenvalue weighted by molar-refractivity contribution is -0.117. The predicted molar refractivity (Wildman–Crippen MR) is 103 cm³/mol. The SMILES string of the molecule is COCC(C)(C#N)NC(=O)c1cc(CC(=O)Cc2cc(Cl)ccc2O)ccn1. The average Bonchev–Trinajstić information content (AvgIpc) is 2.65. The van der Waals surface area contributed by atoms with Crippen LogP contribution in [0.3, 0.4) is 0 Å². The van der Waals surface area contributed by atoms with Crippen molar-refractivity contribution in [3.05, 3.63) is 58.4 Å². The molecule has 0 saturated carbocycles. The minimum atomic E-state index is -1.19. The highest BCUT2D eigenvalue weighted by molar-refractivity contribution is 6.30. The Bertz CT molecular complexity index is 926. The standard InChI is InChI=1S/C20H20ClN3O4/c1-20(11-22,12-28-2)24-19(27)17-8-13(5-6-23-17)7-16(25)10-14-9-15(21)3-4-18(14)26/h3-6,8-9,26H,7,10,12H2,1-2H3,(H,24,27). The van der Waals surface area contributed by atoms with Crippen molar-refractivity contribution in [1.82, 2.24) is 10.3 Å². The number of aromatic nitrogens is 1. The number of halogens is 1. The summed E-state index contributed by atoms with van der Waals surface area (Å²) in [4.78, 5) is 28.7. The Kier molecular flexibility index (Phi) is 7.10.